The number of nitrogens with zero attached hydrogens (tertiary/aromatic N) is 1. The number of rotatable bonds is 5. The van der Waals surface area contributed by atoms with E-state index in [4.69, 9.17) is 14.9 Å². The van der Waals surface area contributed by atoms with E-state index in [-0.39, 0.29) is 19.3 Å². The highest BCUT2D eigenvalue weighted by molar-refractivity contribution is 14.1. The average molecular weight is 379 g/mol. The van der Waals surface area contributed by atoms with Gasteiger partial charge in [0.25, 0.3) is 0 Å². The Morgan fingerprint density at radius 3 is 2.95 bits per heavy atom. The van der Waals surface area contributed by atoms with Gasteiger partial charge in [0, 0.05) is 28.4 Å². The number of halogens is 1. The number of ether oxygens (including phenoxy) is 1. The summed E-state index contributed by atoms with van der Waals surface area (Å²) in [6.07, 6.45) is 1.64. The molecule has 2 rings (SSSR count). The third kappa shape index (κ3) is 3.76. The summed E-state index contributed by atoms with van der Waals surface area (Å²) in [4.78, 5) is 4.30. The van der Waals surface area contributed by atoms with Crippen molar-refractivity contribution < 1.29 is 14.9 Å². The summed E-state index contributed by atoms with van der Waals surface area (Å²) < 4.78 is 6.82. The van der Waals surface area contributed by atoms with Gasteiger partial charge in [-0.15, -0.1) is 0 Å². The average Bonchev–Trinajstić information content (AvgIpc) is 2.45. The fourth-order valence-electron chi connectivity index (χ4n) is 1.96. The largest absolute Gasteiger partial charge is 0.394 e. The van der Waals surface area contributed by atoms with Crippen LogP contribution in [0.2, 0.25) is 0 Å². The molecular formula is C12H18IN3O3. The van der Waals surface area contributed by atoms with Gasteiger partial charge in [0.15, 0.2) is 0 Å². The van der Waals surface area contributed by atoms with Crippen LogP contribution in [-0.4, -0.2) is 54.1 Å². The molecule has 0 aliphatic carbocycles. The quantitative estimate of drug-likeness (QED) is 0.544. The predicted molar refractivity (Wildman–Crippen MR) is 80.1 cm³/mol. The van der Waals surface area contributed by atoms with Crippen molar-refractivity contribution in [1.29, 1.82) is 0 Å². The van der Waals surface area contributed by atoms with Gasteiger partial charge in [0.1, 0.15) is 5.82 Å². The molecule has 2 heterocycles. The van der Waals surface area contributed by atoms with Crippen LogP contribution in [-0.2, 0) is 4.74 Å². The Kier molecular flexibility index (Phi) is 5.76. The standard InChI is InChI=1S/C12H18IN3O3/c13-9-1-2-15-12(16-8(6-17)7-18)11(9)10-5-14-3-4-19-10/h1-2,8,10,14,17-18H,3-7H2,(H,15,16). The molecule has 1 fully saturated rings. The fourth-order valence-corrected chi connectivity index (χ4v) is 2.73. The first-order chi connectivity index (χ1) is 9.26. The topological polar surface area (TPSA) is 86.6 Å². The zero-order chi connectivity index (χ0) is 13.7. The number of morpholine rings is 1. The highest BCUT2D eigenvalue weighted by Gasteiger charge is 2.23. The normalized spacial score (nSPS) is 19.7. The minimum atomic E-state index is -0.416. The first kappa shape index (κ1) is 14.9. The van der Waals surface area contributed by atoms with Crippen molar-refractivity contribution in [3.05, 3.63) is 21.4 Å². The lowest BCUT2D eigenvalue weighted by atomic mass is 10.1. The number of pyridine rings is 1. The SMILES string of the molecule is OCC(CO)Nc1nccc(I)c1C1CNCCO1. The fraction of sp³-hybridized carbons (Fsp3) is 0.583. The number of aliphatic hydroxyl groups excluding tert-OH is 2. The van der Waals surface area contributed by atoms with Crippen molar-refractivity contribution in [2.24, 2.45) is 0 Å². The van der Waals surface area contributed by atoms with E-state index in [0.717, 1.165) is 22.2 Å². The lowest BCUT2D eigenvalue weighted by molar-refractivity contribution is 0.0274. The molecule has 1 unspecified atom stereocenters. The smallest absolute Gasteiger partial charge is 0.133 e. The van der Waals surface area contributed by atoms with Crippen LogP contribution in [0.25, 0.3) is 0 Å². The Morgan fingerprint density at radius 2 is 2.32 bits per heavy atom. The molecule has 1 aromatic heterocycles. The summed E-state index contributed by atoms with van der Waals surface area (Å²) in [5, 5.41) is 24.7. The molecule has 1 saturated heterocycles. The molecule has 0 radical (unpaired) electrons. The van der Waals surface area contributed by atoms with Gasteiger partial charge in [-0.1, -0.05) is 0 Å². The van der Waals surface area contributed by atoms with E-state index in [1.807, 2.05) is 6.07 Å². The number of aromatic nitrogens is 1. The second-order valence-electron chi connectivity index (χ2n) is 4.33. The monoisotopic (exact) mass is 379 g/mol. The molecule has 1 atom stereocenters. The summed E-state index contributed by atoms with van der Waals surface area (Å²) in [7, 11) is 0. The number of anilines is 1. The van der Waals surface area contributed by atoms with Crippen molar-refractivity contribution in [2.45, 2.75) is 12.1 Å². The third-order valence-corrected chi connectivity index (χ3v) is 3.91. The number of hydrogen-bond acceptors (Lipinski definition) is 6. The van der Waals surface area contributed by atoms with Crippen molar-refractivity contribution >= 4 is 28.4 Å². The van der Waals surface area contributed by atoms with Crippen LogP contribution in [0.15, 0.2) is 12.3 Å². The molecule has 0 saturated carbocycles. The Morgan fingerprint density at radius 1 is 1.53 bits per heavy atom. The molecule has 1 aliphatic rings. The van der Waals surface area contributed by atoms with E-state index in [0.29, 0.717) is 12.4 Å². The molecule has 19 heavy (non-hydrogen) atoms. The van der Waals surface area contributed by atoms with Crippen LogP contribution in [0.3, 0.4) is 0 Å². The van der Waals surface area contributed by atoms with E-state index in [9.17, 15) is 0 Å². The maximum absolute atomic E-state index is 9.16. The molecule has 0 bridgehead atoms. The van der Waals surface area contributed by atoms with Gasteiger partial charge in [0.2, 0.25) is 0 Å². The lowest BCUT2D eigenvalue weighted by Crippen LogP contribution is -2.35. The minimum absolute atomic E-state index is 0.0603. The van der Waals surface area contributed by atoms with Crippen molar-refractivity contribution in [2.75, 3.05) is 38.2 Å². The number of aliphatic hydroxyl groups is 2. The second kappa shape index (κ2) is 7.34. The summed E-state index contributed by atoms with van der Waals surface area (Å²) in [5.41, 5.74) is 0.974. The van der Waals surface area contributed by atoms with Crippen molar-refractivity contribution in [3.8, 4) is 0 Å². The maximum Gasteiger partial charge on any atom is 0.133 e. The van der Waals surface area contributed by atoms with Crippen molar-refractivity contribution in [3.63, 3.8) is 0 Å². The molecule has 0 spiro atoms. The zero-order valence-corrected chi connectivity index (χ0v) is 12.6. The summed E-state index contributed by atoms with van der Waals surface area (Å²) >= 11 is 2.25. The first-order valence-corrected chi connectivity index (χ1v) is 7.29. The molecule has 6 nitrogen and oxygen atoms in total. The van der Waals surface area contributed by atoms with Gasteiger partial charge >= 0.3 is 0 Å². The molecule has 7 heteroatoms. The van der Waals surface area contributed by atoms with E-state index in [1.54, 1.807) is 6.20 Å². The molecule has 4 N–H and O–H groups in total. The highest BCUT2D eigenvalue weighted by atomic mass is 127. The van der Waals surface area contributed by atoms with Crippen LogP contribution in [0.5, 0.6) is 0 Å². The summed E-state index contributed by atoms with van der Waals surface area (Å²) in [5.74, 6) is 0.661. The Hall–Kier alpha value is -0.480. The van der Waals surface area contributed by atoms with Gasteiger partial charge in [0.05, 0.1) is 32.0 Å². The first-order valence-electron chi connectivity index (χ1n) is 6.21. The predicted octanol–water partition coefficient (Wildman–Crippen LogP) is 0.112. The molecular weight excluding hydrogens is 361 g/mol. The summed E-state index contributed by atoms with van der Waals surface area (Å²) in [6, 6.07) is 1.51. The van der Waals surface area contributed by atoms with E-state index in [2.05, 4.69) is 38.2 Å². The Bertz CT molecular complexity index is 409. The van der Waals surface area contributed by atoms with Crippen LogP contribution >= 0.6 is 22.6 Å². The van der Waals surface area contributed by atoms with Gasteiger partial charge in [-0.05, 0) is 28.7 Å². The molecule has 1 aliphatic heterocycles. The van der Waals surface area contributed by atoms with Crippen LogP contribution < -0.4 is 10.6 Å². The van der Waals surface area contributed by atoms with Gasteiger partial charge < -0.3 is 25.6 Å². The van der Waals surface area contributed by atoms with Crippen LogP contribution in [0, 0.1) is 3.57 Å². The molecule has 106 valence electrons. The second-order valence-corrected chi connectivity index (χ2v) is 5.49. The third-order valence-electron chi connectivity index (χ3n) is 2.97. The molecule has 0 aromatic carbocycles. The van der Waals surface area contributed by atoms with E-state index < -0.39 is 6.04 Å². The summed E-state index contributed by atoms with van der Waals surface area (Å²) in [6.45, 7) is 1.96. The Labute approximate surface area is 125 Å². The molecule has 0 amide bonds. The van der Waals surface area contributed by atoms with E-state index in [1.165, 1.54) is 0 Å². The Balaban J connectivity index is 2.24. The maximum atomic E-state index is 9.16. The van der Waals surface area contributed by atoms with E-state index >= 15 is 0 Å². The van der Waals surface area contributed by atoms with Crippen molar-refractivity contribution in [1.82, 2.24) is 10.3 Å². The van der Waals surface area contributed by atoms with Gasteiger partial charge in [-0.25, -0.2) is 4.98 Å². The van der Waals surface area contributed by atoms with Gasteiger partial charge in [-0.3, -0.25) is 0 Å². The molecule has 1 aromatic rings. The number of nitrogens with one attached hydrogen (secondary N) is 2. The lowest BCUT2D eigenvalue weighted by Gasteiger charge is -2.27. The van der Waals surface area contributed by atoms with Crippen LogP contribution in [0.1, 0.15) is 11.7 Å². The zero-order valence-electron chi connectivity index (χ0n) is 10.5. The number of hydrogen-bond donors (Lipinski definition) is 4. The minimum Gasteiger partial charge on any atom is -0.394 e. The highest BCUT2D eigenvalue weighted by Crippen LogP contribution is 2.29. The van der Waals surface area contributed by atoms with Gasteiger partial charge in [-0.2, -0.15) is 0 Å². The van der Waals surface area contributed by atoms with Crippen LogP contribution in [0.4, 0.5) is 5.82 Å².